The molecule has 6 nitrogen and oxygen atoms in total. The van der Waals surface area contributed by atoms with Gasteiger partial charge in [-0.2, -0.15) is 0 Å². The maximum atomic E-state index is 13.6. The molecule has 1 aliphatic rings. The summed E-state index contributed by atoms with van der Waals surface area (Å²) in [7, 11) is -2.42. The molecule has 1 saturated carbocycles. The second-order valence-corrected chi connectivity index (χ2v) is 8.56. The third-order valence-corrected chi connectivity index (χ3v) is 6.00. The van der Waals surface area contributed by atoms with Crippen molar-refractivity contribution in [3.05, 3.63) is 29.8 Å². The molecule has 1 fully saturated rings. The minimum absolute atomic E-state index is 0.134. The molecule has 0 unspecified atom stereocenters. The van der Waals surface area contributed by atoms with Crippen molar-refractivity contribution in [2.45, 2.75) is 50.8 Å². The Bertz CT molecular complexity index is 772. The lowest BCUT2D eigenvalue weighted by atomic mass is 9.91. The molecular weight excluding hydrogens is 366 g/mol. The highest BCUT2D eigenvalue weighted by atomic mass is 32.2. The van der Waals surface area contributed by atoms with E-state index >= 15 is 0 Å². The van der Waals surface area contributed by atoms with Gasteiger partial charge in [-0.3, -0.25) is 9.10 Å². The van der Waals surface area contributed by atoms with Crippen molar-refractivity contribution < 1.29 is 27.1 Å². The smallest absolute Gasteiger partial charge is 0.246 e. The van der Waals surface area contributed by atoms with Gasteiger partial charge in [0, 0.05) is 13.1 Å². The highest BCUT2D eigenvalue weighted by Gasteiger charge is 2.36. The number of carbonyl (C=O) groups excluding carboxylic acids is 1. The van der Waals surface area contributed by atoms with Crippen LogP contribution in [-0.4, -0.2) is 55.8 Å². The summed E-state index contributed by atoms with van der Waals surface area (Å²) in [6.07, 6.45) is 3.18. The van der Waals surface area contributed by atoms with E-state index in [9.17, 15) is 27.1 Å². The number of likely N-dealkylation sites (N-methyl/N-ethyl adjacent to an activating group) is 1. The van der Waals surface area contributed by atoms with Gasteiger partial charge in [0.1, 0.15) is 6.04 Å². The fourth-order valence-corrected chi connectivity index (χ4v) is 4.59. The Kier molecular flexibility index (Phi) is 6.23. The van der Waals surface area contributed by atoms with Crippen molar-refractivity contribution >= 4 is 21.6 Å². The van der Waals surface area contributed by atoms with Crippen LogP contribution in [0.3, 0.4) is 0 Å². The van der Waals surface area contributed by atoms with Crippen molar-refractivity contribution in [2.24, 2.45) is 0 Å². The van der Waals surface area contributed by atoms with Gasteiger partial charge in [-0.25, -0.2) is 17.2 Å². The van der Waals surface area contributed by atoms with Crippen LogP contribution in [-0.2, 0) is 14.8 Å². The summed E-state index contributed by atoms with van der Waals surface area (Å²) < 4.78 is 52.0. The molecule has 146 valence electrons. The van der Waals surface area contributed by atoms with Crippen LogP contribution in [0.5, 0.6) is 0 Å². The van der Waals surface area contributed by atoms with Crippen molar-refractivity contribution in [3.63, 3.8) is 0 Å². The largest absolute Gasteiger partial charge is 0.391 e. The number of aliphatic hydroxyl groups excluding tert-OH is 1. The third-order valence-electron chi connectivity index (χ3n) is 4.76. The zero-order chi connectivity index (χ0) is 19.6. The average Bonchev–Trinajstić information content (AvgIpc) is 2.56. The summed E-state index contributed by atoms with van der Waals surface area (Å²) in [4.78, 5) is 14.2. The van der Waals surface area contributed by atoms with E-state index in [1.807, 2.05) is 0 Å². The van der Waals surface area contributed by atoms with Crippen molar-refractivity contribution in [3.8, 4) is 0 Å². The van der Waals surface area contributed by atoms with E-state index in [-0.39, 0.29) is 5.69 Å². The number of anilines is 1. The first-order valence-electron chi connectivity index (χ1n) is 8.43. The second-order valence-electron chi connectivity index (χ2n) is 6.70. The van der Waals surface area contributed by atoms with Gasteiger partial charge in [0.05, 0.1) is 24.1 Å². The van der Waals surface area contributed by atoms with Crippen molar-refractivity contribution in [1.82, 2.24) is 4.90 Å². The summed E-state index contributed by atoms with van der Waals surface area (Å²) in [6, 6.07) is 1.10. The molecule has 0 aliphatic heterocycles. The molecule has 0 aromatic heterocycles. The predicted molar refractivity (Wildman–Crippen MR) is 94.2 cm³/mol. The summed E-state index contributed by atoms with van der Waals surface area (Å²) in [6.45, 7) is 1.39. The summed E-state index contributed by atoms with van der Waals surface area (Å²) in [5, 5.41) is 10.1. The molecule has 0 saturated heterocycles. The van der Waals surface area contributed by atoms with Crippen LogP contribution in [0.25, 0.3) is 0 Å². The zero-order valence-corrected chi connectivity index (χ0v) is 15.8. The number of rotatable bonds is 5. The van der Waals surface area contributed by atoms with Gasteiger partial charge in [0.2, 0.25) is 15.9 Å². The lowest BCUT2D eigenvalue weighted by Crippen LogP contribution is -2.54. The topological polar surface area (TPSA) is 77.9 Å². The first-order chi connectivity index (χ1) is 12.0. The number of nitrogens with zero attached hydrogens (tertiary/aromatic N) is 2. The summed E-state index contributed by atoms with van der Waals surface area (Å²) >= 11 is 0. The summed E-state index contributed by atoms with van der Waals surface area (Å²) in [5.74, 6) is -2.83. The lowest BCUT2D eigenvalue weighted by molar-refractivity contribution is -0.136. The Labute approximate surface area is 152 Å². The number of benzene rings is 1. The molecule has 1 aliphatic carbocycles. The lowest BCUT2D eigenvalue weighted by Gasteiger charge is -2.38. The molecule has 26 heavy (non-hydrogen) atoms. The van der Waals surface area contributed by atoms with E-state index in [2.05, 4.69) is 0 Å². The van der Waals surface area contributed by atoms with Crippen LogP contribution in [0, 0.1) is 11.6 Å². The average molecular weight is 390 g/mol. The van der Waals surface area contributed by atoms with Gasteiger partial charge in [-0.15, -0.1) is 0 Å². The third kappa shape index (κ3) is 4.32. The quantitative estimate of drug-likeness (QED) is 0.833. The molecule has 0 spiro atoms. The van der Waals surface area contributed by atoms with Gasteiger partial charge >= 0.3 is 0 Å². The summed E-state index contributed by atoms with van der Waals surface area (Å²) in [5.41, 5.74) is -0.134. The van der Waals surface area contributed by atoms with E-state index in [0.29, 0.717) is 12.8 Å². The van der Waals surface area contributed by atoms with Gasteiger partial charge < -0.3 is 10.0 Å². The van der Waals surface area contributed by atoms with Crippen LogP contribution >= 0.6 is 0 Å². The first kappa shape index (κ1) is 20.6. The predicted octanol–water partition coefficient (Wildman–Crippen LogP) is 1.88. The molecule has 2 rings (SSSR count). The molecule has 0 radical (unpaired) electrons. The minimum atomic E-state index is -3.94. The number of hydrogen-bond donors (Lipinski definition) is 1. The van der Waals surface area contributed by atoms with Gasteiger partial charge in [-0.05, 0) is 31.9 Å². The second kappa shape index (κ2) is 7.87. The number of aliphatic hydroxyl groups is 1. The van der Waals surface area contributed by atoms with Gasteiger partial charge in [-0.1, -0.05) is 12.8 Å². The van der Waals surface area contributed by atoms with Crippen LogP contribution < -0.4 is 4.31 Å². The molecule has 0 heterocycles. The van der Waals surface area contributed by atoms with Crippen LogP contribution in [0.1, 0.15) is 32.6 Å². The molecular formula is C17H24F2N2O4S. The highest BCUT2D eigenvalue weighted by molar-refractivity contribution is 7.92. The van der Waals surface area contributed by atoms with E-state index in [1.54, 1.807) is 0 Å². The molecule has 1 aromatic carbocycles. The minimum Gasteiger partial charge on any atom is -0.391 e. The van der Waals surface area contributed by atoms with Gasteiger partial charge in [0.15, 0.2) is 11.6 Å². The Morgan fingerprint density at radius 3 is 2.38 bits per heavy atom. The Morgan fingerprint density at radius 2 is 1.85 bits per heavy atom. The first-order valence-corrected chi connectivity index (χ1v) is 10.3. The van der Waals surface area contributed by atoms with E-state index in [1.165, 1.54) is 18.9 Å². The molecule has 1 aromatic rings. The molecule has 1 N–H and O–H groups in total. The highest BCUT2D eigenvalue weighted by Crippen LogP contribution is 2.26. The van der Waals surface area contributed by atoms with Crippen molar-refractivity contribution in [1.29, 1.82) is 0 Å². The Morgan fingerprint density at radius 1 is 1.23 bits per heavy atom. The molecule has 9 heteroatoms. The van der Waals surface area contributed by atoms with Crippen LogP contribution in [0.4, 0.5) is 14.5 Å². The number of hydrogen-bond acceptors (Lipinski definition) is 4. The number of halogens is 2. The van der Waals surface area contributed by atoms with Crippen molar-refractivity contribution in [2.75, 3.05) is 17.6 Å². The maximum absolute atomic E-state index is 13.6. The normalized spacial score (nSPS) is 21.9. The number of carbonyl (C=O) groups is 1. The standard InChI is InChI=1S/C17H24F2N2O4S/c1-11(17(23)20(2)15-6-4-5-7-16(15)22)21(26(3,24)25)12-8-9-13(18)14(19)10-12/h8-11,15-16,22H,4-7H2,1-3H3/t11-,15-,16-/m1/s1. The zero-order valence-electron chi connectivity index (χ0n) is 15.0. The Balaban J connectivity index is 2.32. The van der Waals surface area contributed by atoms with E-state index in [0.717, 1.165) is 41.6 Å². The van der Waals surface area contributed by atoms with E-state index in [4.69, 9.17) is 0 Å². The Hall–Kier alpha value is -1.74. The van der Waals surface area contributed by atoms with Crippen LogP contribution in [0.2, 0.25) is 0 Å². The maximum Gasteiger partial charge on any atom is 0.246 e. The SMILES string of the molecule is C[C@H](C(=O)N(C)[C@@H]1CCCC[C@H]1O)N(c1ccc(F)c(F)c1)S(C)(=O)=O. The van der Waals surface area contributed by atoms with Gasteiger partial charge in [0.25, 0.3) is 0 Å². The van der Waals surface area contributed by atoms with E-state index < -0.39 is 45.8 Å². The fraction of sp³-hybridized carbons (Fsp3) is 0.588. The molecule has 1 amide bonds. The fourth-order valence-electron chi connectivity index (χ4n) is 3.43. The monoisotopic (exact) mass is 390 g/mol. The molecule has 0 bridgehead atoms. The molecule has 3 atom stereocenters. The van der Waals surface area contributed by atoms with Crippen LogP contribution in [0.15, 0.2) is 18.2 Å². The number of sulfonamides is 1. The number of amides is 1.